The van der Waals surface area contributed by atoms with Crippen LogP contribution in [0.2, 0.25) is 0 Å². The van der Waals surface area contributed by atoms with E-state index in [-0.39, 0.29) is 29.6 Å². The Bertz CT molecular complexity index is 721. The number of rotatable bonds is 6. The summed E-state index contributed by atoms with van der Waals surface area (Å²) in [5, 5.41) is 2.68. The van der Waals surface area contributed by atoms with Gasteiger partial charge in [0.05, 0.1) is 13.0 Å². The summed E-state index contributed by atoms with van der Waals surface area (Å²) in [6, 6.07) is 3.36. The van der Waals surface area contributed by atoms with Crippen molar-refractivity contribution in [2.45, 2.75) is 17.7 Å². The third kappa shape index (κ3) is 3.93. The van der Waals surface area contributed by atoms with Gasteiger partial charge in [-0.1, -0.05) is 6.08 Å². The molecule has 1 aromatic carbocycles. The zero-order valence-corrected chi connectivity index (χ0v) is 14.3. The van der Waals surface area contributed by atoms with Crippen LogP contribution >= 0.6 is 0 Å². The largest absolute Gasteiger partial charge is 0.495 e. The second-order valence-corrected chi connectivity index (χ2v) is 7.44. The van der Waals surface area contributed by atoms with Crippen molar-refractivity contribution in [3.05, 3.63) is 36.7 Å². The van der Waals surface area contributed by atoms with Crippen molar-refractivity contribution in [2.24, 2.45) is 5.92 Å². The van der Waals surface area contributed by atoms with Crippen LogP contribution in [0.3, 0.4) is 0 Å². The van der Waals surface area contributed by atoms with Gasteiger partial charge in [0.1, 0.15) is 16.5 Å². The molecule has 1 atom stereocenters. The quantitative estimate of drug-likeness (QED) is 0.785. The highest BCUT2D eigenvalue weighted by Gasteiger charge is 2.34. The number of carbonyl (C=O) groups excluding carboxylic acids is 1. The molecule has 0 aromatic heterocycles. The monoisotopic (exact) mass is 356 g/mol. The number of nitrogens with one attached hydrogen (secondary N) is 1. The highest BCUT2D eigenvalue weighted by Crippen LogP contribution is 2.30. The molecule has 24 heavy (non-hydrogen) atoms. The summed E-state index contributed by atoms with van der Waals surface area (Å²) in [6.07, 6.45) is 2.73. The average molecular weight is 356 g/mol. The summed E-state index contributed by atoms with van der Waals surface area (Å²) in [7, 11) is -2.62. The number of hydrogen-bond acceptors (Lipinski definition) is 4. The van der Waals surface area contributed by atoms with Gasteiger partial charge in [-0.15, -0.1) is 6.58 Å². The molecule has 1 fully saturated rings. The first-order chi connectivity index (χ1) is 11.4. The van der Waals surface area contributed by atoms with E-state index in [4.69, 9.17) is 4.74 Å². The van der Waals surface area contributed by atoms with Crippen molar-refractivity contribution in [1.82, 2.24) is 9.62 Å². The predicted octanol–water partition coefficient (Wildman–Crippen LogP) is 1.54. The summed E-state index contributed by atoms with van der Waals surface area (Å²) in [5.74, 6) is -1.23. The van der Waals surface area contributed by atoms with Gasteiger partial charge in [0.2, 0.25) is 15.9 Å². The minimum atomic E-state index is -3.95. The van der Waals surface area contributed by atoms with Crippen LogP contribution in [0.4, 0.5) is 4.39 Å². The summed E-state index contributed by atoms with van der Waals surface area (Å²) < 4.78 is 45.4. The van der Waals surface area contributed by atoms with Crippen LogP contribution in [0.1, 0.15) is 12.8 Å². The van der Waals surface area contributed by atoms with Gasteiger partial charge in [0.15, 0.2) is 0 Å². The molecule has 1 N–H and O–H groups in total. The van der Waals surface area contributed by atoms with Crippen molar-refractivity contribution >= 4 is 15.9 Å². The van der Waals surface area contributed by atoms with Gasteiger partial charge < -0.3 is 10.1 Å². The number of piperidine rings is 1. The SMILES string of the molecule is C=CCNC(=O)C1CCCN(S(=O)(=O)c2cc(F)ccc2OC)C1. The van der Waals surface area contributed by atoms with E-state index in [0.29, 0.717) is 19.4 Å². The molecule has 8 heteroatoms. The Kier molecular flexibility index (Phi) is 5.95. The molecule has 1 saturated heterocycles. The molecule has 1 aromatic rings. The van der Waals surface area contributed by atoms with E-state index in [2.05, 4.69) is 11.9 Å². The Balaban J connectivity index is 2.24. The summed E-state index contributed by atoms with van der Waals surface area (Å²) in [4.78, 5) is 11.9. The zero-order chi connectivity index (χ0) is 17.7. The molecule has 1 unspecified atom stereocenters. The van der Waals surface area contributed by atoms with Crippen molar-refractivity contribution in [3.8, 4) is 5.75 Å². The molecule has 0 saturated carbocycles. The Morgan fingerprint density at radius 3 is 2.96 bits per heavy atom. The van der Waals surface area contributed by atoms with E-state index in [1.165, 1.54) is 17.5 Å². The fraction of sp³-hybridized carbons (Fsp3) is 0.438. The molecule has 1 amide bonds. The fourth-order valence-electron chi connectivity index (χ4n) is 2.68. The Hall–Kier alpha value is -1.93. The minimum Gasteiger partial charge on any atom is -0.495 e. The van der Waals surface area contributed by atoms with Crippen molar-refractivity contribution in [3.63, 3.8) is 0 Å². The van der Waals surface area contributed by atoms with Gasteiger partial charge in [-0.3, -0.25) is 4.79 Å². The lowest BCUT2D eigenvalue weighted by atomic mass is 9.99. The number of sulfonamides is 1. The minimum absolute atomic E-state index is 0.0605. The lowest BCUT2D eigenvalue weighted by Gasteiger charge is -2.31. The molecule has 0 radical (unpaired) electrons. The standard InChI is InChI=1S/C16H21FN2O4S/c1-3-8-18-16(20)12-5-4-9-19(11-12)24(21,22)15-10-13(17)6-7-14(15)23-2/h3,6-7,10,12H,1,4-5,8-9,11H2,2H3,(H,18,20). The number of benzene rings is 1. The van der Waals surface area contributed by atoms with Crippen LogP contribution in [-0.4, -0.2) is 45.4 Å². The van der Waals surface area contributed by atoms with Gasteiger partial charge in [0.25, 0.3) is 0 Å². The maximum absolute atomic E-state index is 13.5. The van der Waals surface area contributed by atoms with Crippen LogP contribution in [0.25, 0.3) is 0 Å². The number of hydrogen-bond donors (Lipinski definition) is 1. The van der Waals surface area contributed by atoms with Crippen molar-refractivity contribution in [1.29, 1.82) is 0 Å². The van der Waals surface area contributed by atoms with Gasteiger partial charge >= 0.3 is 0 Å². The van der Waals surface area contributed by atoms with Gasteiger partial charge in [-0.05, 0) is 31.0 Å². The molecule has 132 valence electrons. The smallest absolute Gasteiger partial charge is 0.246 e. The summed E-state index contributed by atoms with van der Waals surface area (Å²) in [6.45, 7) is 4.21. The lowest BCUT2D eigenvalue weighted by Crippen LogP contribution is -2.45. The molecular weight excluding hydrogens is 335 g/mol. The number of ether oxygens (including phenoxy) is 1. The van der Waals surface area contributed by atoms with Crippen LogP contribution < -0.4 is 10.1 Å². The summed E-state index contributed by atoms with van der Waals surface area (Å²) >= 11 is 0. The van der Waals surface area contributed by atoms with Crippen molar-refractivity contribution < 1.29 is 22.3 Å². The molecule has 1 aliphatic heterocycles. The fourth-order valence-corrected chi connectivity index (χ4v) is 4.37. The van der Waals surface area contributed by atoms with Crippen LogP contribution in [0, 0.1) is 11.7 Å². The van der Waals surface area contributed by atoms with Crippen LogP contribution in [-0.2, 0) is 14.8 Å². The highest BCUT2D eigenvalue weighted by atomic mass is 32.2. The molecular formula is C16H21FN2O4S. The Labute approximate surface area is 141 Å². The maximum atomic E-state index is 13.5. The third-order valence-corrected chi connectivity index (χ3v) is 5.81. The molecule has 1 heterocycles. The first-order valence-corrected chi connectivity index (χ1v) is 9.06. The first-order valence-electron chi connectivity index (χ1n) is 7.62. The Morgan fingerprint density at radius 2 is 2.29 bits per heavy atom. The van der Waals surface area contributed by atoms with E-state index < -0.39 is 21.8 Å². The second-order valence-electron chi connectivity index (χ2n) is 5.53. The highest BCUT2D eigenvalue weighted by molar-refractivity contribution is 7.89. The molecule has 2 rings (SSSR count). The number of carbonyl (C=O) groups is 1. The molecule has 0 bridgehead atoms. The topological polar surface area (TPSA) is 75.7 Å². The van der Waals surface area contributed by atoms with Crippen LogP contribution in [0.5, 0.6) is 5.75 Å². The number of nitrogens with zero attached hydrogens (tertiary/aromatic N) is 1. The van der Waals surface area contributed by atoms with E-state index in [1.807, 2.05) is 0 Å². The lowest BCUT2D eigenvalue weighted by molar-refractivity contribution is -0.125. The first kappa shape index (κ1) is 18.4. The van der Waals surface area contributed by atoms with E-state index in [9.17, 15) is 17.6 Å². The molecule has 1 aliphatic rings. The van der Waals surface area contributed by atoms with Gasteiger partial charge in [0, 0.05) is 19.6 Å². The number of halogens is 1. The molecule has 0 aliphatic carbocycles. The number of amides is 1. The van der Waals surface area contributed by atoms with Gasteiger partial charge in [-0.25, -0.2) is 12.8 Å². The normalized spacial score (nSPS) is 18.8. The third-order valence-electron chi connectivity index (χ3n) is 3.92. The molecule has 0 spiro atoms. The predicted molar refractivity (Wildman–Crippen MR) is 87.6 cm³/mol. The number of methoxy groups -OCH3 is 1. The molecule has 6 nitrogen and oxygen atoms in total. The summed E-state index contributed by atoms with van der Waals surface area (Å²) in [5.41, 5.74) is 0. The Morgan fingerprint density at radius 1 is 1.54 bits per heavy atom. The maximum Gasteiger partial charge on any atom is 0.246 e. The second kappa shape index (κ2) is 7.76. The van der Waals surface area contributed by atoms with E-state index in [1.54, 1.807) is 6.08 Å². The van der Waals surface area contributed by atoms with Crippen LogP contribution in [0.15, 0.2) is 35.7 Å². The van der Waals surface area contributed by atoms with E-state index >= 15 is 0 Å². The van der Waals surface area contributed by atoms with E-state index in [0.717, 1.165) is 12.1 Å². The van der Waals surface area contributed by atoms with Crippen molar-refractivity contribution in [2.75, 3.05) is 26.7 Å². The average Bonchev–Trinajstić information content (AvgIpc) is 2.59. The van der Waals surface area contributed by atoms with Gasteiger partial charge in [-0.2, -0.15) is 4.31 Å². The zero-order valence-electron chi connectivity index (χ0n) is 13.5.